The van der Waals surface area contributed by atoms with Crippen LogP contribution in [-0.4, -0.2) is 58.5 Å². The molecule has 1 N–H and O–H groups in total. The summed E-state index contributed by atoms with van der Waals surface area (Å²) < 4.78 is 17.8. The van der Waals surface area contributed by atoms with E-state index in [1.165, 1.54) is 5.56 Å². The molecule has 0 amide bonds. The van der Waals surface area contributed by atoms with E-state index in [-0.39, 0.29) is 0 Å². The third kappa shape index (κ3) is 3.87. The van der Waals surface area contributed by atoms with Crippen molar-refractivity contribution in [2.24, 2.45) is 5.92 Å². The fourth-order valence-corrected chi connectivity index (χ4v) is 4.34. The summed E-state index contributed by atoms with van der Waals surface area (Å²) in [5, 5.41) is 3.45. The summed E-state index contributed by atoms with van der Waals surface area (Å²) in [7, 11) is 3.46. The summed E-state index contributed by atoms with van der Waals surface area (Å²) in [6.45, 7) is 5.89. The molecule has 0 saturated carbocycles. The van der Waals surface area contributed by atoms with Crippen LogP contribution < -0.4 is 14.8 Å². The highest BCUT2D eigenvalue weighted by atomic mass is 79.9. The highest BCUT2D eigenvalue weighted by Crippen LogP contribution is 2.43. The standard InChI is InChI=1S/C18H27BrN2O3/c1-22-16-12-15(19)17(23-2)11-14(16)18(13-3-9-24-10-4-13)21-7-5-20-6-8-21/h11-13,18,20H,3-10H2,1-2H3/t18-/m1/s1. The lowest BCUT2D eigenvalue weighted by Gasteiger charge is -2.41. The number of nitrogens with zero attached hydrogens (tertiary/aromatic N) is 1. The smallest absolute Gasteiger partial charge is 0.133 e. The summed E-state index contributed by atoms with van der Waals surface area (Å²) in [5.74, 6) is 2.37. The third-order valence-electron chi connectivity index (χ3n) is 5.08. The van der Waals surface area contributed by atoms with Crippen LogP contribution in [0.15, 0.2) is 16.6 Å². The lowest BCUT2D eigenvalue weighted by Crippen LogP contribution is -2.47. The molecule has 134 valence electrons. The van der Waals surface area contributed by atoms with Crippen molar-refractivity contribution in [1.29, 1.82) is 0 Å². The van der Waals surface area contributed by atoms with Crippen molar-refractivity contribution in [2.45, 2.75) is 18.9 Å². The molecule has 6 heteroatoms. The Balaban J connectivity index is 1.99. The number of hydrogen-bond donors (Lipinski definition) is 1. The van der Waals surface area contributed by atoms with Crippen LogP contribution >= 0.6 is 15.9 Å². The number of rotatable bonds is 5. The van der Waals surface area contributed by atoms with E-state index in [2.05, 4.69) is 32.2 Å². The molecule has 0 bridgehead atoms. The maximum absolute atomic E-state index is 5.73. The number of halogens is 1. The number of benzene rings is 1. The molecule has 2 heterocycles. The lowest BCUT2D eigenvalue weighted by molar-refractivity contribution is 0.0206. The van der Waals surface area contributed by atoms with Gasteiger partial charge in [0.1, 0.15) is 11.5 Å². The normalized spacial score (nSPS) is 21.5. The first kappa shape index (κ1) is 18.0. The fourth-order valence-electron chi connectivity index (χ4n) is 3.86. The first-order valence-corrected chi connectivity index (χ1v) is 9.48. The van der Waals surface area contributed by atoms with E-state index in [1.807, 2.05) is 6.07 Å². The van der Waals surface area contributed by atoms with Crippen molar-refractivity contribution >= 4 is 15.9 Å². The van der Waals surface area contributed by atoms with Gasteiger partial charge in [-0.25, -0.2) is 0 Å². The van der Waals surface area contributed by atoms with E-state index in [0.29, 0.717) is 12.0 Å². The second kappa shape index (κ2) is 8.52. The van der Waals surface area contributed by atoms with Crippen LogP contribution in [0.1, 0.15) is 24.4 Å². The van der Waals surface area contributed by atoms with Crippen LogP contribution in [0.2, 0.25) is 0 Å². The quantitative estimate of drug-likeness (QED) is 0.825. The van der Waals surface area contributed by atoms with Crippen molar-refractivity contribution in [3.63, 3.8) is 0 Å². The number of piperazine rings is 1. The second-order valence-electron chi connectivity index (χ2n) is 6.41. The van der Waals surface area contributed by atoms with Crippen molar-refractivity contribution < 1.29 is 14.2 Å². The first-order valence-electron chi connectivity index (χ1n) is 8.68. The summed E-state index contributed by atoms with van der Waals surface area (Å²) in [5.41, 5.74) is 1.23. The van der Waals surface area contributed by atoms with Gasteiger partial charge < -0.3 is 19.5 Å². The molecule has 3 rings (SSSR count). The van der Waals surface area contributed by atoms with E-state index in [4.69, 9.17) is 14.2 Å². The zero-order valence-electron chi connectivity index (χ0n) is 14.5. The topological polar surface area (TPSA) is 43.0 Å². The molecule has 2 fully saturated rings. The average Bonchev–Trinajstić information content (AvgIpc) is 2.64. The largest absolute Gasteiger partial charge is 0.496 e. The van der Waals surface area contributed by atoms with E-state index in [1.54, 1.807) is 14.2 Å². The van der Waals surface area contributed by atoms with Gasteiger partial charge in [-0.15, -0.1) is 0 Å². The Labute approximate surface area is 152 Å². The molecule has 5 nitrogen and oxygen atoms in total. The zero-order valence-corrected chi connectivity index (χ0v) is 16.1. The highest BCUT2D eigenvalue weighted by molar-refractivity contribution is 9.10. The summed E-state index contributed by atoms with van der Waals surface area (Å²) in [6, 6.07) is 4.52. The molecule has 1 aromatic rings. The minimum Gasteiger partial charge on any atom is -0.496 e. The second-order valence-corrected chi connectivity index (χ2v) is 7.26. The molecule has 0 spiro atoms. The van der Waals surface area contributed by atoms with E-state index < -0.39 is 0 Å². The van der Waals surface area contributed by atoms with Gasteiger partial charge in [-0.05, 0) is 46.8 Å². The maximum atomic E-state index is 5.73. The monoisotopic (exact) mass is 398 g/mol. The average molecular weight is 399 g/mol. The Morgan fingerprint density at radius 2 is 1.79 bits per heavy atom. The molecule has 0 aromatic heterocycles. The van der Waals surface area contributed by atoms with Gasteiger partial charge in [-0.2, -0.15) is 0 Å². The molecule has 1 aromatic carbocycles. The minimum absolute atomic E-state index is 0.341. The Hall–Kier alpha value is -0.820. The van der Waals surface area contributed by atoms with E-state index in [0.717, 1.165) is 68.2 Å². The molecule has 2 saturated heterocycles. The van der Waals surface area contributed by atoms with Crippen LogP contribution in [0.25, 0.3) is 0 Å². The Bertz CT molecular complexity index is 525. The predicted octanol–water partition coefficient (Wildman–Crippen LogP) is 2.84. The molecular formula is C18H27BrN2O3. The van der Waals surface area contributed by atoms with E-state index in [9.17, 15) is 0 Å². The Morgan fingerprint density at radius 3 is 2.42 bits per heavy atom. The highest BCUT2D eigenvalue weighted by Gasteiger charge is 2.33. The van der Waals surface area contributed by atoms with Gasteiger partial charge in [-0.1, -0.05) is 0 Å². The lowest BCUT2D eigenvalue weighted by atomic mass is 9.85. The Morgan fingerprint density at radius 1 is 1.12 bits per heavy atom. The zero-order chi connectivity index (χ0) is 16.9. The van der Waals surface area contributed by atoms with Crippen molar-refractivity contribution in [3.05, 3.63) is 22.2 Å². The molecule has 2 aliphatic heterocycles. The molecule has 1 atom stereocenters. The van der Waals surface area contributed by atoms with Gasteiger partial charge in [0.2, 0.25) is 0 Å². The number of nitrogens with one attached hydrogen (secondary N) is 1. The number of ether oxygens (including phenoxy) is 3. The van der Waals surface area contributed by atoms with Gasteiger partial charge in [0.25, 0.3) is 0 Å². The van der Waals surface area contributed by atoms with Crippen LogP contribution in [0.5, 0.6) is 11.5 Å². The molecule has 0 radical (unpaired) electrons. The SMILES string of the molecule is COc1cc([C@@H](C2CCOCC2)N2CCNCC2)c(OC)cc1Br. The molecule has 0 unspecified atom stereocenters. The molecule has 0 aliphatic carbocycles. The third-order valence-corrected chi connectivity index (χ3v) is 5.70. The first-order chi connectivity index (χ1) is 11.7. The van der Waals surface area contributed by atoms with Gasteiger partial charge >= 0.3 is 0 Å². The summed E-state index contributed by atoms with van der Waals surface area (Å²) >= 11 is 3.57. The predicted molar refractivity (Wildman–Crippen MR) is 98.0 cm³/mol. The van der Waals surface area contributed by atoms with Gasteiger partial charge in [0.15, 0.2) is 0 Å². The number of methoxy groups -OCH3 is 2. The molecule has 2 aliphatic rings. The van der Waals surface area contributed by atoms with Crippen LogP contribution in [0.3, 0.4) is 0 Å². The van der Waals surface area contributed by atoms with Crippen molar-refractivity contribution in [3.8, 4) is 11.5 Å². The maximum Gasteiger partial charge on any atom is 0.133 e. The van der Waals surface area contributed by atoms with Gasteiger partial charge in [0.05, 0.1) is 18.7 Å². The fraction of sp³-hybridized carbons (Fsp3) is 0.667. The van der Waals surface area contributed by atoms with Gasteiger partial charge in [-0.3, -0.25) is 4.90 Å². The van der Waals surface area contributed by atoms with E-state index >= 15 is 0 Å². The van der Waals surface area contributed by atoms with Crippen molar-refractivity contribution in [2.75, 3.05) is 53.6 Å². The minimum atomic E-state index is 0.341. The number of hydrogen-bond acceptors (Lipinski definition) is 5. The molecular weight excluding hydrogens is 372 g/mol. The molecule has 24 heavy (non-hydrogen) atoms. The van der Waals surface area contributed by atoms with Crippen LogP contribution in [-0.2, 0) is 4.74 Å². The van der Waals surface area contributed by atoms with Crippen LogP contribution in [0.4, 0.5) is 0 Å². The van der Waals surface area contributed by atoms with Crippen LogP contribution in [0, 0.1) is 5.92 Å². The van der Waals surface area contributed by atoms with Crippen molar-refractivity contribution in [1.82, 2.24) is 10.2 Å². The summed E-state index contributed by atoms with van der Waals surface area (Å²) in [4.78, 5) is 2.59. The Kier molecular flexibility index (Phi) is 6.38. The summed E-state index contributed by atoms with van der Waals surface area (Å²) in [6.07, 6.45) is 2.19. The van der Waals surface area contributed by atoms with Gasteiger partial charge in [0, 0.05) is 51.0 Å².